The van der Waals surface area contributed by atoms with Gasteiger partial charge in [0.1, 0.15) is 5.82 Å². The van der Waals surface area contributed by atoms with Crippen molar-refractivity contribution in [3.63, 3.8) is 0 Å². The summed E-state index contributed by atoms with van der Waals surface area (Å²) in [6, 6.07) is 6.10. The minimum Gasteiger partial charge on any atom is -0.338 e. The van der Waals surface area contributed by atoms with Crippen LogP contribution >= 0.6 is 27.3 Å². The van der Waals surface area contributed by atoms with Crippen LogP contribution < -0.4 is 5.32 Å². The van der Waals surface area contributed by atoms with E-state index in [1.807, 2.05) is 5.38 Å². The topological polar surface area (TPSA) is 49.4 Å². The zero-order chi connectivity index (χ0) is 17.1. The van der Waals surface area contributed by atoms with Crippen LogP contribution in [-0.4, -0.2) is 23.3 Å². The fraction of sp³-hybridized carbons (Fsp3) is 0.294. The summed E-state index contributed by atoms with van der Waals surface area (Å²) in [5.74, 6) is -0.656. The van der Waals surface area contributed by atoms with Gasteiger partial charge in [0.05, 0.1) is 5.69 Å². The first-order chi connectivity index (χ1) is 11.5. The number of thiophene rings is 1. The van der Waals surface area contributed by atoms with E-state index < -0.39 is 0 Å². The Morgan fingerprint density at radius 3 is 2.92 bits per heavy atom. The van der Waals surface area contributed by atoms with Crippen molar-refractivity contribution in [2.24, 2.45) is 0 Å². The average molecular weight is 411 g/mol. The van der Waals surface area contributed by atoms with Crippen molar-refractivity contribution in [1.29, 1.82) is 0 Å². The molecule has 3 rings (SSSR count). The first-order valence-corrected chi connectivity index (χ1v) is 9.28. The Bertz CT molecular complexity index is 778. The Labute approximate surface area is 151 Å². The van der Waals surface area contributed by atoms with Crippen molar-refractivity contribution in [3.8, 4) is 0 Å². The highest BCUT2D eigenvalue weighted by Gasteiger charge is 2.21. The van der Waals surface area contributed by atoms with Gasteiger partial charge in [0.25, 0.3) is 0 Å². The second-order valence-corrected chi connectivity index (χ2v) is 7.46. The monoisotopic (exact) mass is 410 g/mol. The minimum absolute atomic E-state index is 0.0137. The van der Waals surface area contributed by atoms with E-state index in [4.69, 9.17) is 0 Å². The summed E-state index contributed by atoms with van der Waals surface area (Å²) in [4.78, 5) is 27.4. The molecular formula is C17H16BrFN2O2S. The fourth-order valence-electron chi connectivity index (χ4n) is 2.64. The molecule has 0 saturated carbocycles. The molecule has 1 N–H and O–H groups in total. The number of nitrogens with one attached hydrogen (secondary N) is 1. The maximum Gasteiger partial charge on any atom is 0.224 e. The fourth-order valence-corrected chi connectivity index (χ4v) is 3.98. The second-order valence-electron chi connectivity index (χ2n) is 5.61. The zero-order valence-corrected chi connectivity index (χ0v) is 15.3. The van der Waals surface area contributed by atoms with Gasteiger partial charge in [-0.15, -0.1) is 11.3 Å². The maximum absolute atomic E-state index is 13.0. The van der Waals surface area contributed by atoms with E-state index in [0.717, 1.165) is 6.42 Å². The normalized spacial score (nSPS) is 13.5. The molecule has 0 fully saturated rings. The lowest BCUT2D eigenvalue weighted by molar-refractivity contribution is -0.133. The number of fused-ring (bicyclic) bond motifs is 1. The standard InChI is InChI=1S/C17H16BrFN2O2S/c18-13-9-12(19)1-2-14(13)20-16(22)3-4-17(23)21-7-5-15-11(10-21)6-8-24-15/h1-2,6,8-9H,3-5,7,10H2,(H,20,22). The molecular weight excluding hydrogens is 395 g/mol. The number of carbonyl (C=O) groups excluding carboxylic acids is 2. The molecule has 4 nitrogen and oxygen atoms in total. The molecule has 2 amide bonds. The van der Waals surface area contributed by atoms with Crippen LogP contribution in [-0.2, 0) is 22.6 Å². The molecule has 0 saturated heterocycles. The molecule has 1 aliphatic heterocycles. The summed E-state index contributed by atoms with van der Waals surface area (Å²) in [5.41, 5.74) is 1.70. The molecule has 2 heterocycles. The van der Waals surface area contributed by atoms with Crippen LogP contribution in [0.25, 0.3) is 0 Å². The molecule has 1 aliphatic rings. The lowest BCUT2D eigenvalue weighted by atomic mass is 10.1. The van der Waals surface area contributed by atoms with E-state index in [1.54, 1.807) is 16.2 Å². The van der Waals surface area contributed by atoms with E-state index in [-0.39, 0.29) is 30.5 Å². The lowest BCUT2D eigenvalue weighted by Crippen LogP contribution is -2.35. The minimum atomic E-state index is -0.382. The van der Waals surface area contributed by atoms with Gasteiger partial charge in [0, 0.05) is 35.3 Å². The Morgan fingerprint density at radius 2 is 2.12 bits per heavy atom. The summed E-state index contributed by atoms with van der Waals surface area (Å²) in [5, 5.41) is 4.73. The molecule has 24 heavy (non-hydrogen) atoms. The number of rotatable bonds is 4. The third kappa shape index (κ3) is 4.02. The summed E-state index contributed by atoms with van der Waals surface area (Å²) < 4.78 is 13.5. The van der Waals surface area contributed by atoms with Gasteiger partial charge in [-0.25, -0.2) is 4.39 Å². The van der Waals surface area contributed by atoms with Crippen molar-refractivity contribution in [2.75, 3.05) is 11.9 Å². The summed E-state index contributed by atoms with van der Waals surface area (Å²) in [6.45, 7) is 1.33. The second kappa shape index (κ2) is 7.44. The third-order valence-electron chi connectivity index (χ3n) is 3.93. The largest absolute Gasteiger partial charge is 0.338 e. The van der Waals surface area contributed by atoms with Gasteiger partial charge >= 0.3 is 0 Å². The average Bonchev–Trinajstić information content (AvgIpc) is 3.03. The van der Waals surface area contributed by atoms with Crippen molar-refractivity contribution >= 4 is 44.8 Å². The van der Waals surface area contributed by atoms with Crippen LogP contribution in [0.4, 0.5) is 10.1 Å². The Morgan fingerprint density at radius 1 is 1.29 bits per heavy atom. The van der Waals surface area contributed by atoms with Gasteiger partial charge in [-0.1, -0.05) is 0 Å². The number of hydrogen-bond acceptors (Lipinski definition) is 3. The van der Waals surface area contributed by atoms with Crippen molar-refractivity contribution in [3.05, 3.63) is 50.4 Å². The van der Waals surface area contributed by atoms with Crippen LogP contribution in [0.2, 0.25) is 0 Å². The maximum atomic E-state index is 13.0. The first kappa shape index (κ1) is 17.1. The van der Waals surface area contributed by atoms with Gasteiger partial charge in [0.2, 0.25) is 11.8 Å². The number of halogens is 2. The third-order valence-corrected chi connectivity index (χ3v) is 5.61. The molecule has 1 aromatic heterocycles. The number of nitrogens with zero attached hydrogens (tertiary/aromatic N) is 1. The highest BCUT2D eigenvalue weighted by molar-refractivity contribution is 9.10. The zero-order valence-electron chi connectivity index (χ0n) is 12.9. The molecule has 126 valence electrons. The van der Waals surface area contributed by atoms with E-state index in [1.165, 1.54) is 28.6 Å². The van der Waals surface area contributed by atoms with E-state index in [0.29, 0.717) is 23.2 Å². The predicted molar refractivity (Wildman–Crippen MR) is 95.4 cm³/mol. The van der Waals surface area contributed by atoms with Gasteiger partial charge in [-0.2, -0.15) is 0 Å². The number of benzene rings is 1. The Kier molecular flexibility index (Phi) is 5.30. The molecule has 7 heteroatoms. The van der Waals surface area contributed by atoms with E-state index in [2.05, 4.69) is 27.3 Å². The number of amides is 2. The molecule has 0 spiro atoms. The SMILES string of the molecule is O=C(CCC(=O)N1CCc2sccc2C1)Nc1ccc(F)cc1Br. The van der Waals surface area contributed by atoms with Crippen LogP contribution in [0.1, 0.15) is 23.3 Å². The molecule has 2 aromatic rings. The molecule has 0 atom stereocenters. The van der Waals surface area contributed by atoms with Crippen LogP contribution in [0.15, 0.2) is 34.1 Å². The smallest absolute Gasteiger partial charge is 0.224 e. The van der Waals surface area contributed by atoms with Crippen molar-refractivity contribution in [2.45, 2.75) is 25.8 Å². The van der Waals surface area contributed by atoms with Gasteiger partial charge in [-0.3, -0.25) is 9.59 Å². The quantitative estimate of drug-likeness (QED) is 0.829. The molecule has 1 aromatic carbocycles. The Balaban J connectivity index is 1.50. The number of hydrogen-bond donors (Lipinski definition) is 1. The summed E-state index contributed by atoms with van der Waals surface area (Å²) in [6.07, 6.45) is 1.16. The predicted octanol–water partition coefficient (Wildman–Crippen LogP) is 3.95. The van der Waals surface area contributed by atoms with E-state index in [9.17, 15) is 14.0 Å². The first-order valence-electron chi connectivity index (χ1n) is 7.61. The van der Waals surface area contributed by atoms with Crippen LogP contribution in [0.5, 0.6) is 0 Å². The summed E-state index contributed by atoms with van der Waals surface area (Å²) >= 11 is 4.93. The van der Waals surface area contributed by atoms with Crippen molar-refractivity contribution in [1.82, 2.24) is 4.90 Å². The highest BCUT2D eigenvalue weighted by atomic mass is 79.9. The molecule has 0 bridgehead atoms. The van der Waals surface area contributed by atoms with Crippen molar-refractivity contribution < 1.29 is 14.0 Å². The van der Waals surface area contributed by atoms with Crippen LogP contribution in [0.3, 0.4) is 0 Å². The van der Waals surface area contributed by atoms with Gasteiger partial charge in [-0.05, 0) is 57.6 Å². The number of carbonyl (C=O) groups is 2. The Hall–Kier alpha value is -1.73. The molecule has 0 unspecified atom stereocenters. The molecule has 0 radical (unpaired) electrons. The highest BCUT2D eigenvalue weighted by Crippen LogP contribution is 2.25. The van der Waals surface area contributed by atoms with Gasteiger partial charge < -0.3 is 10.2 Å². The van der Waals surface area contributed by atoms with E-state index >= 15 is 0 Å². The van der Waals surface area contributed by atoms with Gasteiger partial charge in [0.15, 0.2) is 0 Å². The lowest BCUT2D eigenvalue weighted by Gasteiger charge is -2.27. The molecule has 0 aliphatic carbocycles. The summed E-state index contributed by atoms with van der Waals surface area (Å²) in [7, 11) is 0. The number of anilines is 1. The van der Waals surface area contributed by atoms with Crippen LogP contribution in [0, 0.1) is 5.82 Å².